The molecule has 0 aromatic carbocycles. The van der Waals surface area contributed by atoms with Gasteiger partial charge in [0.2, 0.25) is 0 Å². The fraction of sp³-hybridized carbons (Fsp3) is 0.684. The number of ketones is 1. The first-order valence-electron chi connectivity index (χ1n) is 8.67. The highest BCUT2D eigenvalue weighted by atomic mass is 16.4. The molecule has 1 aliphatic carbocycles. The zero-order valence-corrected chi connectivity index (χ0v) is 14.2. The maximum absolute atomic E-state index is 12.2. The first-order valence-corrected chi connectivity index (χ1v) is 8.67. The lowest BCUT2D eigenvalue weighted by molar-refractivity contribution is -0.137. The first kappa shape index (κ1) is 19.4. The Morgan fingerprint density at radius 1 is 1.17 bits per heavy atom. The monoisotopic (exact) mass is 320 g/mol. The van der Waals surface area contributed by atoms with E-state index in [0.717, 1.165) is 31.3 Å². The van der Waals surface area contributed by atoms with Gasteiger partial charge in [-0.2, -0.15) is 0 Å². The Morgan fingerprint density at radius 2 is 1.83 bits per heavy atom. The molecule has 0 spiro atoms. The number of Topliss-reactive ketones (excluding diaryl/α,β-unsaturated/α-hetero) is 1. The number of aliphatic hydroxyl groups is 1. The second kappa shape index (κ2) is 10.2. The Labute approximate surface area is 139 Å². The molecule has 0 heterocycles. The van der Waals surface area contributed by atoms with E-state index in [4.69, 9.17) is 5.11 Å². The fourth-order valence-corrected chi connectivity index (χ4v) is 2.93. The van der Waals surface area contributed by atoms with Crippen molar-refractivity contribution in [1.29, 1.82) is 0 Å². The van der Waals surface area contributed by atoms with Crippen molar-refractivity contribution < 1.29 is 19.8 Å². The van der Waals surface area contributed by atoms with Gasteiger partial charge in [-0.1, -0.05) is 51.4 Å². The molecule has 0 radical (unpaired) electrons. The van der Waals surface area contributed by atoms with Crippen molar-refractivity contribution >= 4 is 11.8 Å². The Balaban J connectivity index is 2.96. The third-order valence-corrected chi connectivity index (χ3v) is 4.18. The predicted octanol–water partition coefficient (Wildman–Crippen LogP) is 3.48. The lowest BCUT2D eigenvalue weighted by Crippen LogP contribution is -2.15. The maximum Gasteiger partial charge on any atom is 0.303 e. The van der Waals surface area contributed by atoms with Gasteiger partial charge in [-0.25, -0.2) is 0 Å². The van der Waals surface area contributed by atoms with E-state index >= 15 is 0 Å². The summed E-state index contributed by atoms with van der Waals surface area (Å²) in [6.45, 7) is 4.11. The molecule has 23 heavy (non-hydrogen) atoms. The number of carboxylic acids is 1. The summed E-state index contributed by atoms with van der Waals surface area (Å²) in [6, 6.07) is 0. The van der Waals surface area contributed by atoms with Gasteiger partial charge in [0.25, 0.3) is 0 Å². The van der Waals surface area contributed by atoms with Gasteiger partial charge in [0.05, 0.1) is 6.42 Å². The topological polar surface area (TPSA) is 74.6 Å². The number of carbonyl (C=O) groups excluding carboxylic acids is 1. The number of carboxylic acid groups (broad SMARTS) is 1. The summed E-state index contributed by atoms with van der Waals surface area (Å²) >= 11 is 0. The van der Waals surface area contributed by atoms with Crippen molar-refractivity contribution in [2.45, 2.75) is 77.7 Å². The second-order valence-electron chi connectivity index (χ2n) is 6.18. The van der Waals surface area contributed by atoms with Gasteiger partial charge in [-0.15, -0.1) is 0 Å². The highest BCUT2D eigenvalue weighted by molar-refractivity contribution is 6.00. The van der Waals surface area contributed by atoms with E-state index in [1.807, 2.05) is 6.92 Å². The van der Waals surface area contributed by atoms with Gasteiger partial charge in [-0.05, 0) is 25.2 Å². The largest absolute Gasteiger partial charge is 0.481 e. The van der Waals surface area contributed by atoms with E-state index in [1.165, 1.54) is 0 Å². The number of allylic oxidation sites excluding steroid dienone is 2. The van der Waals surface area contributed by atoms with Crippen LogP contribution in [-0.4, -0.2) is 28.1 Å². The van der Waals surface area contributed by atoms with Crippen LogP contribution in [0.5, 0.6) is 0 Å². The molecule has 4 nitrogen and oxygen atoms in total. The number of rotatable bonds is 9. The molecule has 0 aliphatic heterocycles. The van der Waals surface area contributed by atoms with Crippen molar-refractivity contribution in [3.8, 4) is 11.8 Å². The van der Waals surface area contributed by atoms with Gasteiger partial charge < -0.3 is 10.2 Å². The molecule has 0 aromatic heterocycles. The van der Waals surface area contributed by atoms with Crippen LogP contribution in [0.25, 0.3) is 0 Å². The minimum Gasteiger partial charge on any atom is -0.481 e. The molecular formula is C19H28O4. The van der Waals surface area contributed by atoms with Gasteiger partial charge in [0, 0.05) is 17.6 Å². The van der Waals surface area contributed by atoms with E-state index in [1.54, 1.807) is 0 Å². The molecule has 0 aromatic rings. The van der Waals surface area contributed by atoms with Crippen LogP contribution in [0, 0.1) is 17.8 Å². The highest BCUT2D eigenvalue weighted by Crippen LogP contribution is 2.33. The average Bonchev–Trinajstić information content (AvgIpc) is 2.87. The van der Waals surface area contributed by atoms with Crippen molar-refractivity contribution in [2.75, 3.05) is 0 Å². The molecule has 4 heteroatoms. The minimum absolute atomic E-state index is 0.0232. The second-order valence-corrected chi connectivity index (χ2v) is 6.18. The van der Waals surface area contributed by atoms with Gasteiger partial charge in [0.15, 0.2) is 5.78 Å². The number of aliphatic carboxylic acids is 1. The van der Waals surface area contributed by atoms with Crippen LogP contribution in [-0.2, 0) is 9.59 Å². The quantitative estimate of drug-likeness (QED) is 0.638. The smallest absolute Gasteiger partial charge is 0.303 e. The van der Waals surface area contributed by atoms with E-state index in [0.29, 0.717) is 31.3 Å². The maximum atomic E-state index is 12.2. The Kier molecular flexibility index (Phi) is 8.65. The number of hydrogen-bond donors (Lipinski definition) is 2. The van der Waals surface area contributed by atoms with Gasteiger partial charge in [-0.3, -0.25) is 9.59 Å². The molecule has 2 N–H and O–H groups in total. The minimum atomic E-state index is -0.881. The normalized spacial score (nSPS) is 16.9. The summed E-state index contributed by atoms with van der Waals surface area (Å²) in [5.41, 5.74) is 1.35. The summed E-state index contributed by atoms with van der Waals surface area (Å²) in [5.74, 6) is 4.69. The summed E-state index contributed by atoms with van der Waals surface area (Å²) in [5, 5.41) is 19.0. The standard InChI is InChI=1S/C19H28O4/c1-3-5-7-15(13-18(22)23)19-14(10-12-17(19)21)9-11-16(20)8-6-4-2/h15-16,20H,3-8,10,12-13H2,1-2H3,(H,22,23)/t15-,16?/m0/s1. The Bertz CT molecular complexity index is 507. The van der Waals surface area contributed by atoms with Crippen LogP contribution < -0.4 is 0 Å². The zero-order chi connectivity index (χ0) is 17.2. The van der Waals surface area contributed by atoms with Crippen LogP contribution in [0.1, 0.15) is 71.6 Å². The van der Waals surface area contributed by atoms with Crippen molar-refractivity contribution in [2.24, 2.45) is 5.92 Å². The molecule has 1 aliphatic rings. The van der Waals surface area contributed by atoms with Crippen LogP contribution in [0.4, 0.5) is 0 Å². The van der Waals surface area contributed by atoms with E-state index in [9.17, 15) is 14.7 Å². The lowest BCUT2D eigenvalue weighted by atomic mass is 9.87. The molecule has 128 valence electrons. The fourth-order valence-electron chi connectivity index (χ4n) is 2.93. The number of carbonyl (C=O) groups is 2. The molecule has 0 bridgehead atoms. The summed E-state index contributed by atoms with van der Waals surface area (Å²) in [4.78, 5) is 23.3. The SMILES string of the molecule is CCCCC(O)C#CC1=C([C@@H](CCCC)CC(=O)O)C(=O)CC1. The van der Waals surface area contributed by atoms with Crippen LogP contribution in [0.15, 0.2) is 11.1 Å². The number of hydrogen-bond acceptors (Lipinski definition) is 3. The summed E-state index contributed by atoms with van der Waals surface area (Å²) in [6.07, 6.45) is 5.40. The number of unbranched alkanes of at least 4 members (excludes halogenated alkanes) is 2. The van der Waals surface area contributed by atoms with Crippen molar-refractivity contribution in [3.63, 3.8) is 0 Å². The van der Waals surface area contributed by atoms with E-state index < -0.39 is 12.1 Å². The zero-order valence-electron chi connectivity index (χ0n) is 14.2. The molecule has 0 saturated carbocycles. The Morgan fingerprint density at radius 3 is 2.43 bits per heavy atom. The predicted molar refractivity (Wildman–Crippen MR) is 89.8 cm³/mol. The third kappa shape index (κ3) is 6.58. The highest BCUT2D eigenvalue weighted by Gasteiger charge is 2.30. The molecule has 1 unspecified atom stereocenters. The molecule has 0 amide bonds. The van der Waals surface area contributed by atoms with Gasteiger partial charge >= 0.3 is 5.97 Å². The van der Waals surface area contributed by atoms with E-state index in [2.05, 4.69) is 18.8 Å². The first-order chi connectivity index (χ1) is 11.0. The van der Waals surface area contributed by atoms with Crippen LogP contribution in [0.3, 0.4) is 0 Å². The Hall–Kier alpha value is -1.60. The number of aliphatic hydroxyl groups excluding tert-OH is 1. The average molecular weight is 320 g/mol. The molecule has 2 atom stereocenters. The summed E-state index contributed by atoms with van der Waals surface area (Å²) in [7, 11) is 0. The van der Waals surface area contributed by atoms with Crippen LogP contribution >= 0.6 is 0 Å². The van der Waals surface area contributed by atoms with Crippen molar-refractivity contribution in [1.82, 2.24) is 0 Å². The van der Waals surface area contributed by atoms with Crippen LogP contribution in [0.2, 0.25) is 0 Å². The molecule has 1 rings (SSSR count). The lowest BCUT2D eigenvalue weighted by Gasteiger charge is -2.16. The van der Waals surface area contributed by atoms with Crippen molar-refractivity contribution in [3.05, 3.63) is 11.1 Å². The molecule has 0 fully saturated rings. The van der Waals surface area contributed by atoms with Gasteiger partial charge in [0.1, 0.15) is 6.10 Å². The third-order valence-electron chi connectivity index (χ3n) is 4.18. The van der Waals surface area contributed by atoms with E-state index in [-0.39, 0.29) is 18.1 Å². The molecule has 0 saturated heterocycles. The summed E-state index contributed by atoms with van der Waals surface area (Å²) < 4.78 is 0. The molecular weight excluding hydrogens is 292 g/mol.